The summed E-state index contributed by atoms with van der Waals surface area (Å²) in [6.45, 7) is 0.586. The van der Waals surface area contributed by atoms with Crippen LogP contribution in [0, 0.1) is 5.92 Å². The van der Waals surface area contributed by atoms with E-state index >= 15 is 0 Å². The largest absolute Gasteiger partial charge is 0.330 e. The van der Waals surface area contributed by atoms with Gasteiger partial charge in [-0.1, -0.05) is 30.3 Å². The predicted octanol–water partition coefficient (Wildman–Crippen LogP) is 2.22. The molecule has 1 aromatic rings. The molecule has 0 spiro atoms. The van der Waals surface area contributed by atoms with Gasteiger partial charge in [0.15, 0.2) is 0 Å². The lowest BCUT2D eigenvalue weighted by atomic mass is 10.1. The lowest BCUT2D eigenvalue weighted by Gasteiger charge is -2.06. The highest BCUT2D eigenvalue weighted by molar-refractivity contribution is 5.29. The van der Waals surface area contributed by atoms with E-state index in [9.17, 15) is 4.39 Å². The molecule has 0 aromatic heterocycles. The fourth-order valence-corrected chi connectivity index (χ4v) is 1.90. The first-order valence-electron chi connectivity index (χ1n) is 4.72. The number of rotatable bonds is 3. The third-order valence-electron chi connectivity index (χ3n) is 2.80. The number of halogens is 1. The number of nitrogens with two attached hydrogens (primary N) is 1. The molecule has 2 N–H and O–H groups in total. The first-order chi connectivity index (χ1) is 6.27. The van der Waals surface area contributed by atoms with Gasteiger partial charge in [-0.2, -0.15) is 0 Å². The standard InChI is InChI=1S/C11H14FN/c12-11(8-10(11)6-7-13)9-4-2-1-3-5-9/h1-5,10H,6-8,13H2/t10-,11+/m1/s1. The molecule has 1 aliphatic rings. The van der Waals surface area contributed by atoms with E-state index in [0.717, 1.165) is 12.0 Å². The minimum atomic E-state index is -1.07. The van der Waals surface area contributed by atoms with Crippen LogP contribution in [0.15, 0.2) is 30.3 Å². The van der Waals surface area contributed by atoms with Crippen molar-refractivity contribution in [1.29, 1.82) is 0 Å². The molecule has 2 atom stereocenters. The Morgan fingerprint density at radius 2 is 2.08 bits per heavy atom. The van der Waals surface area contributed by atoms with Gasteiger partial charge in [0.25, 0.3) is 0 Å². The van der Waals surface area contributed by atoms with Gasteiger partial charge in [0.05, 0.1) is 0 Å². The lowest BCUT2D eigenvalue weighted by molar-refractivity contribution is 0.283. The maximum absolute atomic E-state index is 14.0. The molecule has 0 unspecified atom stereocenters. The van der Waals surface area contributed by atoms with Gasteiger partial charge in [0.2, 0.25) is 0 Å². The van der Waals surface area contributed by atoms with Crippen LogP contribution in [0.5, 0.6) is 0 Å². The predicted molar refractivity (Wildman–Crippen MR) is 51.0 cm³/mol. The Hall–Kier alpha value is -0.890. The molecular weight excluding hydrogens is 165 g/mol. The zero-order valence-corrected chi connectivity index (χ0v) is 7.54. The summed E-state index contributed by atoms with van der Waals surface area (Å²) < 4.78 is 14.0. The molecule has 0 saturated heterocycles. The van der Waals surface area contributed by atoms with Crippen molar-refractivity contribution in [2.24, 2.45) is 11.7 Å². The molecule has 2 rings (SSSR count). The number of hydrogen-bond acceptors (Lipinski definition) is 1. The van der Waals surface area contributed by atoms with Crippen LogP contribution in [-0.4, -0.2) is 6.54 Å². The normalized spacial score (nSPS) is 31.7. The van der Waals surface area contributed by atoms with Gasteiger partial charge in [-0.25, -0.2) is 4.39 Å². The molecule has 0 heterocycles. The van der Waals surface area contributed by atoms with E-state index in [0.29, 0.717) is 13.0 Å². The van der Waals surface area contributed by atoms with Gasteiger partial charge in [-0.3, -0.25) is 0 Å². The fraction of sp³-hybridized carbons (Fsp3) is 0.455. The van der Waals surface area contributed by atoms with Crippen molar-refractivity contribution in [3.8, 4) is 0 Å². The van der Waals surface area contributed by atoms with Crippen molar-refractivity contribution in [1.82, 2.24) is 0 Å². The third kappa shape index (κ3) is 1.46. The fourth-order valence-electron chi connectivity index (χ4n) is 1.90. The van der Waals surface area contributed by atoms with Crippen LogP contribution < -0.4 is 5.73 Å². The van der Waals surface area contributed by atoms with E-state index in [1.54, 1.807) is 0 Å². The molecule has 0 aliphatic heterocycles. The lowest BCUT2D eigenvalue weighted by Crippen LogP contribution is -2.06. The Labute approximate surface area is 77.8 Å². The maximum atomic E-state index is 14.0. The van der Waals surface area contributed by atoms with Crippen LogP contribution in [0.25, 0.3) is 0 Å². The van der Waals surface area contributed by atoms with Gasteiger partial charge in [0, 0.05) is 5.92 Å². The first-order valence-corrected chi connectivity index (χ1v) is 4.72. The Morgan fingerprint density at radius 1 is 1.38 bits per heavy atom. The molecule has 0 radical (unpaired) electrons. The Bertz CT molecular complexity index is 285. The summed E-state index contributed by atoms with van der Waals surface area (Å²) in [6, 6.07) is 9.39. The monoisotopic (exact) mass is 179 g/mol. The van der Waals surface area contributed by atoms with E-state index in [4.69, 9.17) is 5.73 Å². The summed E-state index contributed by atoms with van der Waals surface area (Å²) in [5.41, 5.74) is 5.15. The quantitative estimate of drug-likeness (QED) is 0.756. The number of hydrogen-bond donors (Lipinski definition) is 1. The Balaban J connectivity index is 2.11. The molecule has 1 nitrogen and oxygen atoms in total. The number of alkyl halides is 1. The van der Waals surface area contributed by atoms with E-state index in [1.807, 2.05) is 30.3 Å². The second-order valence-electron chi connectivity index (χ2n) is 3.71. The van der Waals surface area contributed by atoms with E-state index in [2.05, 4.69) is 0 Å². The van der Waals surface area contributed by atoms with Crippen molar-refractivity contribution in [3.05, 3.63) is 35.9 Å². The second-order valence-corrected chi connectivity index (χ2v) is 3.71. The van der Waals surface area contributed by atoms with Gasteiger partial charge in [0.1, 0.15) is 5.67 Å². The average Bonchev–Trinajstić information content (AvgIpc) is 2.81. The maximum Gasteiger partial charge on any atom is 0.139 e. The molecule has 70 valence electrons. The minimum absolute atomic E-state index is 0.153. The first kappa shape index (κ1) is 8.70. The van der Waals surface area contributed by atoms with Crippen molar-refractivity contribution in [2.45, 2.75) is 18.5 Å². The SMILES string of the molecule is NCC[C@@H]1C[C@]1(F)c1ccccc1. The third-order valence-corrected chi connectivity index (χ3v) is 2.80. The number of benzene rings is 1. The van der Waals surface area contributed by atoms with Crippen molar-refractivity contribution < 1.29 is 4.39 Å². The smallest absolute Gasteiger partial charge is 0.139 e. The van der Waals surface area contributed by atoms with E-state index in [-0.39, 0.29) is 5.92 Å². The van der Waals surface area contributed by atoms with Gasteiger partial charge in [-0.15, -0.1) is 0 Å². The molecule has 1 aliphatic carbocycles. The second kappa shape index (κ2) is 3.11. The van der Waals surface area contributed by atoms with Crippen LogP contribution in [0.1, 0.15) is 18.4 Å². The van der Waals surface area contributed by atoms with Crippen molar-refractivity contribution in [3.63, 3.8) is 0 Å². The van der Waals surface area contributed by atoms with Crippen LogP contribution in [0.3, 0.4) is 0 Å². The highest BCUT2D eigenvalue weighted by atomic mass is 19.1. The van der Waals surface area contributed by atoms with E-state index in [1.165, 1.54) is 0 Å². The zero-order valence-electron chi connectivity index (χ0n) is 7.54. The molecule has 13 heavy (non-hydrogen) atoms. The summed E-state index contributed by atoms with van der Waals surface area (Å²) in [5, 5.41) is 0. The highest BCUT2D eigenvalue weighted by Gasteiger charge is 2.55. The molecular formula is C11H14FN. The molecule has 2 heteroatoms. The zero-order chi connectivity index (χ0) is 9.31. The Kier molecular flexibility index (Phi) is 2.08. The summed E-state index contributed by atoms with van der Waals surface area (Å²) in [7, 11) is 0. The molecule has 1 saturated carbocycles. The van der Waals surface area contributed by atoms with Gasteiger partial charge in [-0.05, 0) is 24.9 Å². The molecule has 0 amide bonds. The van der Waals surface area contributed by atoms with Crippen molar-refractivity contribution in [2.75, 3.05) is 6.54 Å². The van der Waals surface area contributed by atoms with Gasteiger partial charge < -0.3 is 5.73 Å². The van der Waals surface area contributed by atoms with Crippen LogP contribution in [0.4, 0.5) is 4.39 Å². The van der Waals surface area contributed by atoms with E-state index < -0.39 is 5.67 Å². The van der Waals surface area contributed by atoms with Crippen LogP contribution >= 0.6 is 0 Å². The van der Waals surface area contributed by atoms with Gasteiger partial charge >= 0.3 is 0 Å². The highest BCUT2D eigenvalue weighted by Crippen LogP contribution is 2.56. The van der Waals surface area contributed by atoms with Crippen LogP contribution in [0.2, 0.25) is 0 Å². The summed E-state index contributed by atoms with van der Waals surface area (Å²) in [5.74, 6) is 0.153. The molecule has 1 fully saturated rings. The van der Waals surface area contributed by atoms with Crippen LogP contribution in [-0.2, 0) is 5.67 Å². The molecule has 0 bridgehead atoms. The molecule has 1 aromatic carbocycles. The minimum Gasteiger partial charge on any atom is -0.330 e. The van der Waals surface area contributed by atoms with Crippen molar-refractivity contribution >= 4 is 0 Å². The average molecular weight is 179 g/mol. The Morgan fingerprint density at radius 3 is 2.69 bits per heavy atom. The summed E-state index contributed by atoms with van der Waals surface area (Å²) in [4.78, 5) is 0. The summed E-state index contributed by atoms with van der Waals surface area (Å²) >= 11 is 0. The topological polar surface area (TPSA) is 26.0 Å². The summed E-state index contributed by atoms with van der Waals surface area (Å²) in [6.07, 6.45) is 1.44.